The number of hydrogen-bond donors (Lipinski definition) is 2. The van der Waals surface area contributed by atoms with Gasteiger partial charge in [0.05, 0.1) is 0 Å². The Bertz CT molecular complexity index is 922. The first-order chi connectivity index (χ1) is 15.0. The van der Waals surface area contributed by atoms with Crippen LogP contribution in [0, 0.1) is 12.3 Å². The maximum absolute atomic E-state index is 14.6. The monoisotopic (exact) mass is 445 g/mol. The van der Waals surface area contributed by atoms with Crippen molar-refractivity contribution in [2.45, 2.75) is 57.4 Å². The Hall–Kier alpha value is -2.54. The lowest BCUT2D eigenvalue weighted by molar-refractivity contribution is -0.123. The van der Waals surface area contributed by atoms with Crippen molar-refractivity contribution in [3.05, 3.63) is 59.4 Å². The van der Waals surface area contributed by atoms with Gasteiger partial charge in [-0.3, -0.25) is 9.78 Å². The van der Waals surface area contributed by atoms with Gasteiger partial charge in [-0.25, -0.2) is 8.78 Å². The molecule has 1 aliphatic rings. The van der Waals surface area contributed by atoms with E-state index in [0.29, 0.717) is 31.4 Å². The molecule has 0 aliphatic heterocycles. The van der Waals surface area contributed by atoms with Crippen molar-refractivity contribution in [2.75, 3.05) is 20.6 Å². The van der Waals surface area contributed by atoms with E-state index < -0.39 is 17.3 Å². The van der Waals surface area contributed by atoms with E-state index >= 15 is 0 Å². The maximum Gasteiger partial charge on any atom is 0.251 e. The minimum atomic E-state index is -2.87. The van der Waals surface area contributed by atoms with Crippen molar-refractivity contribution in [1.82, 2.24) is 15.2 Å². The summed E-state index contributed by atoms with van der Waals surface area (Å²) in [5, 5.41) is 12.4. The Morgan fingerprint density at radius 3 is 2.44 bits per heavy atom. The number of aromatic nitrogens is 1. The zero-order valence-electron chi connectivity index (χ0n) is 19.2. The summed E-state index contributed by atoms with van der Waals surface area (Å²) in [4.78, 5) is 19.1. The molecule has 1 saturated carbocycles. The Labute approximate surface area is 188 Å². The van der Waals surface area contributed by atoms with Crippen LogP contribution in [-0.4, -0.2) is 53.5 Å². The molecule has 1 fully saturated rings. The molecule has 1 heterocycles. The minimum absolute atomic E-state index is 0.00786. The molecule has 0 radical (unpaired) electrons. The fourth-order valence-electron chi connectivity index (χ4n) is 4.46. The van der Waals surface area contributed by atoms with Gasteiger partial charge in [-0.15, -0.1) is 0 Å². The number of nitrogens with one attached hydrogen (secondary N) is 1. The summed E-state index contributed by atoms with van der Waals surface area (Å²) in [7, 11) is 3.88. The van der Waals surface area contributed by atoms with E-state index in [9.17, 15) is 18.7 Å². The summed E-state index contributed by atoms with van der Waals surface area (Å²) < 4.78 is 29.1. The van der Waals surface area contributed by atoms with Crippen molar-refractivity contribution < 1.29 is 18.7 Å². The van der Waals surface area contributed by atoms with Crippen molar-refractivity contribution in [1.29, 1.82) is 0 Å². The molecule has 0 bridgehead atoms. The number of aromatic hydroxyl groups is 1. The molecular formula is C25H33F2N3O2. The molecule has 32 heavy (non-hydrogen) atoms. The first kappa shape index (κ1) is 24.1. The number of carbonyl (C=O) groups excluding carboxylic acids is 1. The number of hydrogen-bond acceptors (Lipinski definition) is 4. The highest BCUT2D eigenvalue weighted by Gasteiger charge is 2.63. The molecule has 2 atom stereocenters. The molecule has 1 aliphatic carbocycles. The van der Waals surface area contributed by atoms with Gasteiger partial charge in [0.15, 0.2) is 0 Å². The standard InChI is InChI=1S/C25H33F2N3O2/c1-17-11-19(15-28-14-17)22(25(9-10-25)24(2,26)27)13-23(32)29-16-20(30(3)4)12-18-5-7-21(31)8-6-18/h5-8,11,14-15,20,22,31H,9-10,12-13,16H2,1-4H3,(H,29,32)/t20-,22-/m0/s1. The van der Waals surface area contributed by atoms with Gasteiger partial charge < -0.3 is 15.3 Å². The second-order valence-corrected chi connectivity index (χ2v) is 9.39. The van der Waals surface area contributed by atoms with Crippen molar-refractivity contribution in [2.24, 2.45) is 5.41 Å². The smallest absolute Gasteiger partial charge is 0.251 e. The molecule has 3 rings (SSSR count). The van der Waals surface area contributed by atoms with Crippen LogP contribution in [0.25, 0.3) is 0 Å². The molecule has 0 saturated heterocycles. The lowest BCUT2D eigenvalue weighted by Gasteiger charge is -2.32. The summed E-state index contributed by atoms with van der Waals surface area (Å²) in [6.45, 7) is 3.25. The number of alkyl halides is 2. The third kappa shape index (κ3) is 5.63. The Balaban J connectivity index is 1.70. The first-order valence-electron chi connectivity index (χ1n) is 11.0. The predicted molar refractivity (Wildman–Crippen MR) is 121 cm³/mol. The number of likely N-dealkylation sites (N-methyl/N-ethyl adjacent to an activating group) is 1. The molecule has 1 aromatic heterocycles. The number of phenolic OH excluding ortho intramolecular Hbond substituents is 1. The van der Waals surface area contributed by atoms with Crippen LogP contribution in [0.1, 0.15) is 48.8 Å². The van der Waals surface area contributed by atoms with Crippen LogP contribution in [0.15, 0.2) is 42.7 Å². The zero-order chi connectivity index (χ0) is 23.5. The predicted octanol–water partition coefficient (Wildman–Crippen LogP) is 4.29. The normalized spacial score (nSPS) is 17.1. The Kier molecular flexibility index (Phi) is 7.18. The van der Waals surface area contributed by atoms with Crippen LogP contribution in [0.2, 0.25) is 0 Å². The highest BCUT2D eigenvalue weighted by atomic mass is 19.3. The summed E-state index contributed by atoms with van der Waals surface area (Å²) in [5.74, 6) is -3.47. The number of amides is 1. The van der Waals surface area contributed by atoms with E-state index in [1.54, 1.807) is 24.5 Å². The molecule has 7 heteroatoms. The molecule has 1 amide bonds. The van der Waals surface area contributed by atoms with Crippen LogP contribution in [0.5, 0.6) is 5.75 Å². The van der Waals surface area contributed by atoms with Crippen LogP contribution >= 0.6 is 0 Å². The van der Waals surface area contributed by atoms with Gasteiger partial charge in [-0.05, 0) is 76.0 Å². The highest BCUT2D eigenvalue weighted by molar-refractivity contribution is 5.77. The number of pyridine rings is 1. The van der Waals surface area contributed by atoms with Gasteiger partial charge in [0.2, 0.25) is 5.91 Å². The topological polar surface area (TPSA) is 65.5 Å². The average molecular weight is 446 g/mol. The van der Waals surface area contributed by atoms with E-state index in [2.05, 4.69) is 10.3 Å². The molecule has 0 unspecified atom stereocenters. The first-order valence-corrected chi connectivity index (χ1v) is 11.0. The van der Waals surface area contributed by atoms with Crippen molar-refractivity contribution in [3.8, 4) is 5.75 Å². The molecular weight excluding hydrogens is 412 g/mol. The van der Waals surface area contributed by atoms with Gasteiger partial charge in [0, 0.05) is 42.7 Å². The van der Waals surface area contributed by atoms with Gasteiger partial charge >= 0.3 is 0 Å². The van der Waals surface area contributed by atoms with Gasteiger partial charge in [-0.2, -0.15) is 0 Å². The van der Waals surface area contributed by atoms with E-state index in [-0.39, 0.29) is 24.1 Å². The molecule has 2 aromatic rings. The summed E-state index contributed by atoms with van der Waals surface area (Å²) in [6.07, 6.45) is 4.82. The van der Waals surface area contributed by atoms with Gasteiger partial charge in [0.1, 0.15) is 5.75 Å². The van der Waals surface area contributed by atoms with E-state index in [4.69, 9.17) is 0 Å². The number of carbonyl (C=O) groups is 1. The number of phenols is 1. The maximum atomic E-state index is 14.6. The quantitative estimate of drug-likeness (QED) is 0.573. The lowest BCUT2D eigenvalue weighted by Crippen LogP contribution is -2.43. The third-order valence-corrected chi connectivity index (χ3v) is 6.69. The minimum Gasteiger partial charge on any atom is -0.508 e. The number of halogens is 2. The van der Waals surface area contributed by atoms with Crippen LogP contribution in [-0.2, 0) is 11.2 Å². The van der Waals surface area contributed by atoms with E-state index in [0.717, 1.165) is 18.1 Å². The number of benzene rings is 1. The molecule has 1 aromatic carbocycles. The summed E-state index contributed by atoms with van der Waals surface area (Å²) in [6, 6.07) is 8.89. The van der Waals surface area contributed by atoms with Gasteiger partial charge in [-0.1, -0.05) is 18.2 Å². The second kappa shape index (κ2) is 9.53. The average Bonchev–Trinajstić information content (AvgIpc) is 3.52. The Morgan fingerprint density at radius 1 is 1.25 bits per heavy atom. The summed E-state index contributed by atoms with van der Waals surface area (Å²) in [5.41, 5.74) is 1.45. The second-order valence-electron chi connectivity index (χ2n) is 9.39. The van der Waals surface area contributed by atoms with Crippen molar-refractivity contribution >= 4 is 5.91 Å². The third-order valence-electron chi connectivity index (χ3n) is 6.69. The van der Waals surface area contributed by atoms with Gasteiger partial charge in [0.25, 0.3) is 5.92 Å². The van der Waals surface area contributed by atoms with Crippen molar-refractivity contribution in [3.63, 3.8) is 0 Å². The SMILES string of the molecule is Cc1cncc([C@H](CC(=O)NC[C@H](Cc2ccc(O)cc2)N(C)C)C2(C(C)(F)F)CC2)c1. The molecule has 0 spiro atoms. The highest BCUT2D eigenvalue weighted by Crippen LogP contribution is 2.65. The van der Waals surface area contributed by atoms with Crippen LogP contribution < -0.4 is 5.32 Å². The molecule has 2 N–H and O–H groups in total. The lowest BCUT2D eigenvalue weighted by atomic mass is 9.77. The fraction of sp³-hybridized carbons (Fsp3) is 0.520. The van der Waals surface area contributed by atoms with E-state index in [1.807, 2.05) is 44.1 Å². The zero-order valence-corrected chi connectivity index (χ0v) is 19.2. The van der Waals surface area contributed by atoms with Crippen LogP contribution in [0.4, 0.5) is 8.78 Å². The molecule has 174 valence electrons. The van der Waals surface area contributed by atoms with Crippen LogP contribution in [0.3, 0.4) is 0 Å². The summed E-state index contributed by atoms with van der Waals surface area (Å²) >= 11 is 0. The fourth-order valence-corrected chi connectivity index (χ4v) is 4.46. The molecule has 5 nitrogen and oxygen atoms in total. The largest absolute Gasteiger partial charge is 0.508 e. The number of rotatable bonds is 10. The Morgan fingerprint density at radius 2 is 1.91 bits per heavy atom. The number of nitrogens with zero attached hydrogens (tertiary/aromatic N) is 2. The van der Waals surface area contributed by atoms with E-state index in [1.165, 1.54) is 0 Å². The number of aryl methyl sites for hydroxylation is 1.